The van der Waals surface area contributed by atoms with Gasteiger partial charge in [-0.3, -0.25) is 0 Å². The Balaban J connectivity index is 2.24. The molecule has 3 nitrogen and oxygen atoms in total. The smallest absolute Gasteiger partial charge is 0.230 e. The fourth-order valence-corrected chi connectivity index (χ4v) is 2.81. The first kappa shape index (κ1) is 14.2. The van der Waals surface area contributed by atoms with Crippen LogP contribution in [0.3, 0.4) is 0 Å². The number of anilines is 1. The molecule has 3 rings (SSSR count). The van der Waals surface area contributed by atoms with E-state index >= 15 is 0 Å². The third kappa shape index (κ3) is 2.69. The summed E-state index contributed by atoms with van der Waals surface area (Å²) in [6.45, 7) is 2.02. The number of nitrogen functional groups attached to an aromatic ring is 1. The molecule has 0 bridgehead atoms. The van der Waals surface area contributed by atoms with Gasteiger partial charge in [-0.25, -0.2) is 0 Å². The van der Waals surface area contributed by atoms with Crippen LogP contribution in [0.1, 0.15) is 5.56 Å². The molecular weight excluding hydrogens is 352 g/mol. The number of halogens is 2. The van der Waals surface area contributed by atoms with Crippen LogP contribution in [0.2, 0.25) is 5.02 Å². The number of aromatic nitrogens is 1. The highest BCUT2D eigenvalue weighted by Crippen LogP contribution is 2.38. The number of hydrogen-bond acceptors (Lipinski definition) is 3. The summed E-state index contributed by atoms with van der Waals surface area (Å²) in [5.74, 6) is 0.284. The minimum absolute atomic E-state index is 0.284. The highest BCUT2D eigenvalue weighted by atomic mass is 79.9. The van der Waals surface area contributed by atoms with Gasteiger partial charge in [-0.05, 0) is 42.3 Å². The van der Waals surface area contributed by atoms with Gasteiger partial charge in [-0.1, -0.05) is 50.9 Å². The van der Waals surface area contributed by atoms with E-state index in [1.54, 1.807) is 0 Å². The summed E-state index contributed by atoms with van der Waals surface area (Å²) in [5, 5.41) is 4.77. The average Bonchev–Trinajstić information content (AvgIpc) is 2.83. The lowest BCUT2D eigenvalue weighted by molar-refractivity contribution is 0.439. The molecule has 1 aromatic heterocycles. The van der Waals surface area contributed by atoms with Crippen molar-refractivity contribution in [1.29, 1.82) is 0 Å². The normalized spacial score (nSPS) is 10.8. The largest absolute Gasteiger partial charge is 0.367 e. The second-order valence-electron chi connectivity index (χ2n) is 4.74. The van der Waals surface area contributed by atoms with E-state index in [1.807, 2.05) is 49.4 Å². The molecule has 0 amide bonds. The summed E-state index contributed by atoms with van der Waals surface area (Å²) >= 11 is 9.55. The van der Waals surface area contributed by atoms with Crippen molar-refractivity contribution in [2.24, 2.45) is 0 Å². The van der Waals surface area contributed by atoms with Crippen molar-refractivity contribution in [2.75, 3.05) is 5.73 Å². The number of rotatable bonds is 2. The number of nitrogens with zero attached hydrogens (tertiary/aromatic N) is 1. The average molecular weight is 364 g/mol. The molecule has 21 heavy (non-hydrogen) atoms. The highest BCUT2D eigenvalue weighted by molar-refractivity contribution is 9.10. The maximum atomic E-state index is 6.07. The van der Waals surface area contributed by atoms with Gasteiger partial charge in [0.25, 0.3) is 0 Å². The molecule has 1 heterocycles. The molecule has 0 aliphatic heterocycles. The maximum Gasteiger partial charge on any atom is 0.230 e. The molecule has 106 valence electrons. The van der Waals surface area contributed by atoms with E-state index < -0.39 is 0 Å². The van der Waals surface area contributed by atoms with Crippen LogP contribution in [0, 0.1) is 6.92 Å². The van der Waals surface area contributed by atoms with Crippen LogP contribution in [0.25, 0.3) is 22.4 Å². The zero-order valence-corrected chi connectivity index (χ0v) is 13.6. The standard InChI is InChI=1S/C16H12BrClN2O/c1-9-5-6-11(17)8-13(9)15-14(16(19)21-20-15)10-3-2-4-12(18)7-10/h2-8H,19H2,1H3. The van der Waals surface area contributed by atoms with E-state index in [-0.39, 0.29) is 5.88 Å². The molecule has 0 saturated carbocycles. The first-order valence-electron chi connectivity index (χ1n) is 6.34. The van der Waals surface area contributed by atoms with Gasteiger partial charge in [0.05, 0.1) is 5.56 Å². The SMILES string of the molecule is Cc1ccc(Br)cc1-c1noc(N)c1-c1cccc(Cl)c1. The van der Waals surface area contributed by atoms with Gasteiger partial charge in [-0.15, -0.1) is 0 Å². The van der Waals surface area contributed by atoms with Crippen LogP contribution in [0.15, 0.2) is 51.5 Å². The molecule has 3 aromatic rings. The predicted octanol–water partition coefficient (Wildman–Crippen LogP) is 5.32. The van der Waals surface area contributed by atoms with E-state index in [1.165, 1.54) is 0 Å². The number of nitrogens with two attached hydrogens (primary N) is 1. The topological polar surface area (TPSA) is 52.0 Å². The molecule has 2 N–H and O–H groups in total. The number of hydrogen-bond donors (Lipinski definition) is 1. The first-order valence-corrected chi connectivity index (χ1v) is 7.51. The van der Waals surface area contributed by atoms with Gasteiger partial charge in [-0.2, -0.15) is 0 Å². The lowest BCUT2D eigenvalue weighted by Gasteiger charge is -2.07. The summed E-state index contributed by atoms with van der Waals surface area (Å²) in [5.41, 5.74) is 10.4. The second-order valence-corrected chi connectivity index (χ2v) is 6.09. The van der Waals surface area contributed by atoms with E-state index in [2.05, 4.69) is 21.1 Å². The van der Waals surface area contributed by atoms with Crippen LogP contribution in [0.5, 0.6) is 0 Å². The first-order chi connectivity index (χ1) is 10.1. The Kier molecular flexibility index (Phi) is 3.74. The van der Waals surface area contributed by atoms with Crippen LogP contribution >= 0.6 is 27.5 Å². The summed E-state index contributed by atoms with van der Waals surface area (Å²) in [6.07, 6.45) is 0. The third-order valence-electron chi connectivity index (χ3n) is 3.29. The van der Waals surface area contributed by atoms with Gasteiger partial charge in [0, 0.05) is 15.1 Å². The van der Waals surface area contributed by atoms with E-state index in [0.717, 1.165) is 26.7 Å². The van der Waals surface area contributed by atoms with Gasteiger partial charge in [0.1, 0.15) is 5.69 Å². The number of benzene rings is 2. The van der Waals surface area contributed by atoms with E-state index in [4.69, 9.17) is 21.9 Å². The Hall–Kier alpha value is -1.78. The Morgan fingerprint density at radius 2 is 2.00 bits per heavy atom. The molecule has 0 spiro atoms. The molecule has 2 aromatic carbocycles. The van der Waals surface area contributed by atoms with Gasteiger partial charge >= 0.3 is 0 Å². The van der Waals surface area contributed by atoms with Crippen molar-refractivity contribution < 1.29 is 4.52 Å². The molecule has 0 radical (unpaired) electrons. The summed E-state index contributed by atoms with van der Waals surface area (Å²) in [7, 11) is 0. The summed E-state index contributed by atoms with van der Waals surface area (Å²) in [4.78, 5) is 0. The van der Waals surface area contributed by atoms with Gasteiger partial charge < -0.3 is 10.3 Å². The molecule has 0 fully saturated rings. The van der Waals surface area contributed by atoms with Gasteiger partial charge in [0.2, 0.25) is 5.88 Å². The van der Waals surface area contributed by atoms with Crippen LogP contribution < -0.4 is 5.73 Å². The Bertz CT molecular complexity index is 814. The van der Waals surface area contributed by atoms with Crippen molar-refractivity contribution in [3.05, 3.63) is 57.5 Å². The minimum atomic E-state index is 0.284. The van der Waals surface area contributed by atoms with E-state index in [9.17, 15) is 0 Å². The molecule has 0 aliphatic carbocycles. The monoisotopic (exact) mass is 362 g/mol. The molecule has 5 heteroatoms. The van der Waals surface area contributed by atoms with Crippen LogP contribution in [0.4, 0.5) is 5.88 Å². The third-order valence-corrected chi connectivity index (χ3v) is 4.01. The van der Waals surface area contributed by atoms with E-state index in [0.29, 0.717) is 10.7 Å². The predicted molar refractivity (Wildman–Crippen MR) is 89.2 cm³/mol. The molecule has 0 saturated heterocycles. The second kappa shape index (κ2) is 5.54. The van der Waals surface area contributed by atoms with Crippen molar-refractivity contribution in [1.82, 2.24) is 5.16 Å². The van der Waals surface area contributed by atoms with Crippen molar-refractivity contribution in [3.63, 3.8) is 0 Å². The lowest BCUT2D eigenvalue weighted by atomic mass is 9.98. The minimum Gasteiger partial charge on any atom is -0.367 e. The van der Waals surface area contributed by atoms with Crippen molar-refractivity contribution in [3.8, 4) is 22.4 Å². The Labute approximate surface area is 135 Å². The van der Waals surface area contributed by atoms with Crippen molar-refractivity contribution >= 4 is 33.4 Å². The number of aryl methyl sites for hydroxylation is 1. The fraction of sp³-hybridized carbons (Fsp3) is 0.0625. The molecule has 0 unspecified atom stereocenters. The fourth-order valence-electron chi connectivity index (χ4n) is 2.26. The zero-order chi connectivity index (χ0) is 15.0. The summed E-state index contributed by atoms with van der Waals surface area (Å²) < 4.78 is 6.18. The quantitative estimate of drug-likeness (QED) is 0.671. The Morgan fingerprint density at radius 1 is 1.19 bits per heavy atom. The van der Waals surface area contributed by atoms with Crippen LogP contribution in [-0.4, -0.2) is 5.16 Å². The molecule has 0 atom stereocenters. The maximum absolute atomic E-state index is 6.07. The molecule has 0 aliphatic rings. The van der Waals surface area contributed by atoms with Crippen LogP contribution in [-0.2, 0) is 0 Å². The van der Waals surface area contributed by atoms with Gasteiger partial charge in [0.15, 0.2) is 0 Å². The Morgan fingerprint density at radius 3 is 2.76 bits per heavy atom. The zero-order valence-electron chi connectivity index (χ0n) is 11.2. The summed E-state index contributed by atoms with van der Waals surface area (Å²) in [6, 6.07) is 13.5. The van der Waals surface area contributed by atoms with Crippen molar-refractivity contribution in [2.45, 2.75) is 6.92 Å². The lowest BCUT2D eigenvalue weighted by Crippen LogP contribution is -1.90. The molecular formula is C16H12BrClN2O. The highest BCUT2D eigenvalue weighted by Gasteiger charge is 2.19.